The molecule has 1 fully saturated rings. The third-order valence-electron chi connectivity index (χ3n) is 5.92. The van der Waals surface area contributed by atoms with Crippen molar-refractivity contribution in [2.75, 3.05) is 14.1 Å². The molecule has 2 heterocycles. The summed E-state index contributed by atoms with van der Waals surface area (Å²) in [7, 11) is 3.04. The average molecular weight is 434 g/mol. The molecule has 164 valence electrons. The van der Waals surface area contributed by atoms with Crippen molar-refractivity contribution >= 4 is 17.7 Å². The molecule has 1 saturated heterocycles. The number of likely N-dealkylation sites (N-methyl/N-ethyl adjacent to an activating group) is 1. The maximum Gasteiger partial charge on any atom is 0.240 e. The Morgan fingerprint density at radius 2 is 1.91 bits per heavy atom. The first-order valence-corrected chi connectivity index (χ1v) is 10.2. The molecule has 1 aliphatic heterocycles. The van der Waals surface area contributed by atoms with Crippen LogP contribution in [0.5, 0.6) is 0 Å². The summed E-state index contributed by atoms with van der Waals surface area (Å²) in [6, 6.07) is 15.0. The summed E-state index contributed by atoms with van der Waals surface area (Å²) in [6.45, 7) is 0.329. The normalized spacial score (nSPS) is 18.3. The lowest BCUT2D eigenvalue weighted by molar-refractivity contribution is -0.141. The molecule has 3 amide bonds. The molecule has 4 rings (SSSR count). The number of aromatic nitrogens is 2. The summed E-state index contributed by atoms with van der Waals surface area (Å²) in [6.07, 6.45) is 3.16. The van der Waals surface area contributed by atoms with E-state index in [1.807, 2.05) is 36.5 Å². The molecule has 32 heavy (non-hydrogen) atoms. The van der Waals surface area contributed by atoms with Gasteiger partial charge in [0.15, 0.2) is 0 Å². The standard InChI is InChI=1S/C24H23FN4O3/c1-27(16-17-7-9-20(10-8-17)29-12-4-11-26-29)21(30)14-24(15-22(31)28(2)23(24)32)18-5-3-6-19(25)13-18/h3-13H,14-16H2,1-2H3. The van der Waals surface area contributed by atoms with Crippen LogP contribution >= 0.6 is 0 Å². The largest absolute Gasteiger partial charge is 0.341 e. The van der Waals surface area contributed by atoms with Crippen LogP contribution < -0.4 is 0 Å². The Kier molecular flexibility index (Phi) is 5.61. The highest BCUT2D eigenvalue weighted by molar-refractivity contribution is 6.10. The number of rotatable bonds is 6. The molecule has 0 saturated carbocycles. The second-order valence-electron chi connectivity index (χ2n) is 8.07. The SMILES string of the molecule is CN(Cc1ccc(-n2cccn2)cc1)C(=O)CC1(c2cccc(F)c2)CC(=O)N(C)C1=O. The Bertz CT molecular complexity index is 1160. The van der Waals surface area contributed by atoms with Gasteiger partial charge in [-0.25, -0.2) is 9.07 Å². The number of carbonyl (C=O) groups is 3. The Morgan fingerprint density at radius 3 is 2.50 bits per heavy atom. The molecule has 0 radical (unpaired) electrons. The van der Waals surface area contributed by atoms with Crippen LogP contribution in [0.1, 0.15) is 24.0 Å². The third kappa shape index (κ3) is 3.91. The number of benzene rings is 2. The number of likely N-dealkylation sites (tertiary alicyclic amines) is 1. The van der Waals surface area contributed by atoms with Crippen molar-refractivity contribution in [3.05, 3.63) is 83.9 Å². The van der Waals surface area contributed by atoms with E-state index in [1.54, 1.807) is 24.0 Å². The molecule has 8 heteroatoms. The van der Waals surface area contributed by atoms with E-state index in [9.17, 15) is 18.8 Å². The highest BCUT2D eigenvalue weighted by Crippen LogP contribution is 2.40. The maximum atomic E-state index is 13.9. The van der Waals surface area contributed by atoms with Crippen LogP contribution in [0.25, 0.3) is 5.69 Å². The maximum absolute atomic E-state index is 13.9. The smallest absolute Gasteiger partial charge is 0.240 e. The molecule has 1 aromatic heterocycles. The molecule has 0 spiro atoms. The van der Waals surface area contributed by atoms with Crippen LogP contribution in [0.3, 0.4) is 0 Å². The highest BCUT2D eigenvalue weighted by Gasteiger charge is 2.52. The molecule has 7 nitrogen and oxygen atoms in total. The van der Waals surface area contributed by atoms with Crippen molar-refractivity contribution in [3.8, 4) is 5.69 Å². The van der Waals surface area contributed by atoms with Crippen LogP contribution in [0, 0.1) is 5.82 Å². The van der Waals surface area contributed by atoms with Crippen LogP contribution in [-0.4, -0.2) is 51.4 Å². The van der Waals surface area contributed by atoms with Crippen LogP contribution in [0.15, 0.2) is 67.0 Å². The summed E-state index contributed by atoms with van der Waals surface area (Å²) in [5.74, 6) is -1.70. The van der Waals surface area contributed by atoms with E-state index < -0.39 is 17.1 Å². The molecule has 0 N–H and O–H groups in total. The molecular weight excluding hydrogens is 411 g/mol. The zero-order valence-electron chi connectivity index (χ0n) is 17.9. The van der Waals surface area contributed by atoms with E-state index in [0.717, 1.165) is 16.2 Å². The van der Waals surface area contributed by atoms with Gasteiger partial charge in [-0.3, -0.25) is 19.3 Å². The van der Waals surface area contributed by atoms with E-state index in [0.29, 0.717) is 12.1 Å². The van der Waals surface area contributed by atoms with E-state index in [1.165, 1.54) is 30.1 Å². The van der Waals surface area contributed by atoms with Gasteiger partial charge in [0.05, 0.1) is 11.1 Å². The van der Waals surface area contributed by atoms with Crippen molar-refractivity contribution in [2.24, 2.45) is 0 Å². The number of amides is 3. The van der Waals surface area contributed by atoms with E-state index in [2.05, 4.69) is 5.10 Å². The number of halogens is 1. The second kappa shape index (κ2) is 8.37. The fraction of sp³-hybridized carbons (Fsp3) is 0.250. The fourth-order valence-corrected chi connectivity index (χ4v) is 4.07. The van der Waals surface area contributed by atoms with Crippen molar-refractivity contribution in [2.45, 2.75) is 24.8 Å². The monoisotopic (exact) mass is 434 g/mol. The van der Waals surface area contributed by atoms with Crippen molar-refractivity contribution in [1.82, 2.24) is 19.6 Å². The average Bonchev–Trinajstić information content (AvgIpc) is 3.39. The van der Waals surface area contributed by atoms with Crippen molar-refractivity contribution < 1.29 is 18.8 Å². The Morgan fingerprint density at radius 1 is 1.16 bits per heavy atom. The van der Waals surface area contributed by atoms with E-state index in [-0.39, 0.29) is 24.7 Å². The minimum atomic E-state index is -1.40. The van der Waals surface area contributed by atoms with Gasteiger partial charge in [-0.2, -0.15) is 5.10 Å². The Balaban J connectivity index is 1.53. The van der Waals surface area contributed by atoms with Crippen LogP contribution in [-0.2, 0) is 26.3 Å². The fourth-order valence-electron chi connectivity index (χ4n) is 4.07. The zero-order valence-corrected chi connectivity index (χ0v) is 17.9. The Labute approximate surface area is 185 Å². The predicted molar refractivity (Wildman–Crippen MR) is 115 cm³/mol. The third-order valence-corrected chi connectivity index (χ3v) is 5.92. The first kappa shape index (κ1) is 21.4. The van der Waals surface area contributed by atoms with Gasteiger partial charge < -0.3 is 4.90 Å². The van der Waals surface area contributed by atoms with Crippen molar-refractivity contribution in [3.63, 3.8) is 0 Å². The first-order valence-electron chi connectivity index (χ1n) is 10.2. The Hall–Kier alpha value is -3.81. The summed E-state index contributed by atoms with van der Waals surface area (Å²) in [5.41, 5.74) is 0.743. The van der Waals surface area contributed by atoms with Gasteiger partial charge in [-0.05, 0) is 41.5 Å². The lowest BCUT2D eigenvalue weighted by Crippen LogP contribution is -2.41. The summed E-state index contributed by atoms with van der Waals surface area (Å²) < 4.78 is 15.7. The summed E-state index contributed by atoms with van der Waals surface area (Å²) in [5, 5.41) is 4.19. The lowest BCUT2D eigenvalue weighted by Gasteiger charge is -2.29. The zero-order chi connectivity index (χ0) is 22.9. The van der Waals surface area contributed by atoms with Gasteiger partial charge in [0, 0.05) is 45.9 Å². The van der Waals surface area contributed by atoms with E-state index in [4.69, 9.17) is 0 Å². The number of hydrogen-bond acceptors (Lipinski definition) is 4. The molecule has 1 atom stereocenters. The topological polar surface area (TPSA) is 75.5 Å². The number of imide groups is 1. The highest BCUT2D eigenvalue weighted by atomic mass is 19.1. The molecular formula is C24H23FN4O3. The molecule has 1 unspecified atom stereocenters. The van der Waals surface area contributed by atoms with Crippen molar-refractivity contribution in [1.29, 1.82) is 0 Å². The van der Waals surface area contributed by atoms with Crippen LogP contribution in [0.2, 0.25) is 0 Å². The van der Waals surface area contributed by atoms with Gasteiger partial charge >= 0.3 is 0 Å². The summed E-state index contributed by atoms with van der Waals surface area (Å²) in [4.78, 5) is 41.0. The van der Waals surface area contributed by atoms with Gasteiger partial charge in [0.2, 0.25) is 17.7 Å². The summed E-state index contributed by atoms with van der Waals surface area (Å²) >= 11 is 0. The molecule has 1 aliphatic rings. The minimum absolute atomic E-state index is 0.163. The number of hydrogen-bond donors (Lipinski definition) is 0. The number of nitrogens with zero attached hydrogens (tertiary/aromatic N) is 4. The quantitative estimate of drug-likeness (QED) is 0.559. The number of carbonyl (C=O) groups excluding carboxylic acids is 3. The van der Waals surface area contributed by atoms with Crippen LogP contribution in [0.4, 0.5) is 4.39 Å². The van der Waals surface area contributed by atoms with Gasteiger partial charge in [0.1, 0.15) is 5.82 Å². The van der Waals surface area contributed by atoms with Gasteiger partial charge in [-0.15, -0.1) is 0 Å². The molecule has 2 aromatic carbocycles. The second-order valence-corrected chi connectivity index (χ2v) is 8.07. The van der Waals surface area contributed by atoms with Gasteiger partial charge in [-0.1, -0.05) is 24.3 Å². The van der Waals surface area contributed by atoms with Gasteiger partial charge in [0.25, 0.3) is 0 Å². The predicted octanol–water partition coefficient (Wildman–Crippen LogP) is 2.69. The minimum Gasteiger partial charge on any atom is -0.341 e. The molecule has 3 aromatic rings. The molecule has 0 bridgehead atoms. The van der Waals surface area contributed by atoms with E-state index >= 15 is 0 Å². The lowest BCUT2D eigenvalue weighted by atomic mass is 9.75. The first-order chi connectivity index (χ1) is 15.3. The molecule has 0 aliphatic carbocycles.